The highest BCUT2D eigenvalue weighted by Crippen LogP contribution is 2.33. The van der Waals surface area contributed by atoms with Crippen molar-refractivity contribution in [3.05, 3.63) is 47.1 Å². The number of alkyl halides is 3. The average molecular weight is 318 g/mol. The Morgan fingerprint density at radius 3 is 2.48 bits per heavy atom. The molecule has 1 aromatic heterocycles. The molecule has 0 saturated heterocycles. The van der Waals surface area contributed by atoms with E-state index in [1.54, 1.807) is 0 Å². The molecule has 8 heteroatoms. The van der Waals surface area contributed by atoms with E-state index < -0.39 is 23.8 Å². The number of aromatic carboxylic acids is 1. The summed E-state index contributed by atoms with van der Waals surface area (Å²) in [4.78, 5) is 14.7. The number of carboxylic acids is 1. The van der Waals surface area contributed by atoms with Gasteiger partial charge in [-0.25, -0.2) is 9.78 Å². The summed E-state index contributed by atoms with van der Waals surface area (Å²) in [6, 6.07) is 7.85. The van der Waals surface area contributed by atoms with Crippen molar-refractivity contribution in [1.29, 1.82) is 0 Å². The maximum atomic E-state index is 12.4. The lowest BCUT2D eigenvalue weighted by molar-refractivity contribution is -0.274. The molecule has 2 aromatic rings. The number of hydrogen-bond donors (Lipinski definition) is 1. The lowest BCUT2D eigenvalue weighted by atomic mass is 10.1. The van der Waals surface area contributed by atoms with Gasteiger partial charge in [0.05, 0.1) is 10.7 Å². The molecule has 1 aromatic carbocycles. The van der Waals surface area contributed by atoms with E-state index in [0.717, 1.165) is 6.07 Å². The van der Waals surface area contributed by atoms with Crippen LogP contribution in [0.5, 0.6) is 5.75 Å². The van der Waals surface area contributed by atoms with Gasteiger partial charge in [-0.05, 0) is 24.3 Å². The Labute approximate surface area is 121 Å². The van der Waals surface area contributed by atoms with Crippen molar-refractivity contribution < 1.29 is 27.8 Å². The van der Waals surface area contributed by atoms with Gasteiger partial charge in [0.15, 0.2) is 5.69 Å². The van der Waals surface area contributed by atoms with Gasteiger partial charge in [-0.15, -0.1) is 13.2 Å². The van der Waals surface area contributed by atoms with Crippen molar-refractivity contribution in [2.75, 3.05) is 0 Å². The van der Waals surface area contributed by atoms with E-state index in [-0.39, 0.29) is 16.3 Å². The zero-order valence-corrected chi connectivity index (χ0v) is 10.9. The zero-order valence-electron chi connectivity index (χ0n) is 10.2. The van der Waals surface area contributed by atoms with Crippen LogP contribution in [0.15, 0.2) is 36.4 Å². The smallest absolute Gasteiger partial charge is 0.476 e. The van der Waals surface area contributed by atoms with Crippen LogP contribution in [0.1, 0.15) is 10.5 Å². The van der Waals surface area contributed by atoms with Gasteiger partial charge in [0.2, 0.25) is 0 Å². The number of aromatic nitrogens is 1. The molecular formula is C13H7ClF3NO3. The minimum atomic E-state index is -4.86. The van der Waals surface area contributed by atoms with Crippen LogP contribution in [0.25, 0.3) is 11.3 Å². The number of para-hydroxylation sites is 1. The monoisotopic (exact) mass is 317 g/mol. The molecule has 0 amide bonds. The van der Waals surface area contributed by atoms with E-state index in [2.05, 4.69) is 9.72 Å². The van der Waals surface area contributed by atoms with Crippen LogP contribution in [0.2, 0.25) is 5.02 Å². The van der Waals surface area contributed by atoms with Crippen LogP contribution in [-0.2, 0) is 0 Å². The molecule has 0 atom stereocenters. The van der Waals surface area contributed by atoms with Crippen LogP contribution in [0, 0.1) is 0 Å². The second kappa shape index (κ2) is 5.61. The third-order valence-electron chi connectivity index (χ3n) is 2.44. The summed E-state index contributed by atoms with van der Waals surface area (Å²) in [5.74, 6) is -1.85. The van der Waals surface area contributed by atoms with E-state index in [4.69, 9.17) is 16.7 Å². The highest BCUT2D eigenvalue weighted by atomic mass is 35.5. The Bertz CT molecular complexity index is 689. The van der Waals surface area contributed by atoms with Gasteiger partial charge in [-0.3, -0.25) is 0 Å². The molecule has 0 saturated carbocycles. The first-order valence-electron chi connectivity index (χ1n) is 5.53. The quantitative estimate of drug-likeness (QED) is 0.929. The van der Waals surface area contributed by atoms with E-state index in [0.29, 0.717) is 0 Å². The highest BCUT2D eigenvalue weighted by Gasteiger charge is 2.32. The number of benzene rings is 1. The van der Waals surface area contributed by atoms with Crippen LogP contribution in [0.4, 0.5) is 13.2 Å². The van der Waals surface area contributed by atoms with Crippen molar-refractivity contribution in [3.8, 4) is 17.0 Å². The molecule has 0 spiro atoms. The van der Waals surface area contributed by atoms with E-state index in [9.17, 15) is 18.0 Å². The number of carboxylic acid groups (broad SMARTS) is 1. The summed E-state index contributed by atoms with van der Waals surface area (Å²) in [6.07, 6.45) is -4.86. The highest BCUT2D eigenvalue weighted by molar-refractivity contribution is 6.33. The first kappa shape index (κ1) is 15.1. The van der Waals surface area contributed by atoms with Gasteiger partial charge < -0.3 is 9.84 Å². The molecule has 0 bridgehead atoms. The van der Waals surface area contributed by atoms with Crippen LogP contribution < -0.4 is 4.74 Å². The van der Waals surface area contributed by atoms with E-state index >= 15 is 0 Å². The largest absolute Gasteiger partial charge is 0.573 e. The minimum absolute atomic E-state index is 0.00833. The Kier molecular flexibility index (Phi) is 4.04. The van der Waals surface area contributed by atoms with Crippen LogP contribution >= 0.6 is 11.6 Å². The van der Waals surface area contributed by atoms with Crippen LogP contribution in [-0.4, -0.2) is 22.4 Å². The molecule has 21 heavy (non-hydrogen) atoms. The molecule has 0 radical (unpaired) electrons. The number of halogens is 4. The fourth-order valence-electron chi connectivity index (χ4n) is 1.63. The Morgan fingerprint density at radius 1 is 1.19 bits per heavy atom. The van der Waals surface area contributed by atoms with Gasteiger partial charge in [0.25, 0.3) is 0 Å². The lowest BCUT2D eigenvalue weighted by Crippen LogP contribution is -2.17. The van der Waals surface area contributed by atoms with Gasteiger partial charge in [0, 0.05) is 5.56 Å². The SMILES string of the molecule is O=C(O)c1nc(-c2ccccc2OC(F)(F)F)ccc1Cl. The fourth-order valence-corrected chi connectivity index (χ4v) is 1.82. The van der Waals surface area contributed by atoms with Crippen LogP contribution in [0.3, 0.4) is 0 Å². The van der Waals surface area contributed by atoms with Crippen molar-refractivity contribution >= 4 is 17.6 Å². The zero-order chi connectivity index (χ0) is 15.6. The molecule has 4 nitrogen and oxygen atoms in total. The summed E-state index contributed by atoms with van der Waals surface area (Å²) in [5, 5.41) is 8.82. The molecule has 0 aliphatic heterocycles. The second-order valence-corrected chi connectivity index (χ2v) is 4.28. The fraction of sp³-hybridized carbons (Fsp3) is 0.0769. The number of nitrogens with zero attached hydrogens (tertiary/aromatic N) is 1. The summed E-state index contributed by atoms with van der Waals surface area (Å²) in [6.45, 7) is 0. The Morgan fingerprint density at radius 2 is 1.86 bits per heavy atom. The maximum Gasteiger partial charge on any atom is 0.573 e. The summed E-state index contributed by atoms with van der Waals surface area (Å²) >= 11 is 5.67. The maximum absolute atomic E-state index is 12.4. The van der Waals surface area contributed by atoms with Crippen molar-refractivity contribution in [2.24, 2.45) is 0 Å². The van der Waals surface area contributed by atoms with Gasteiger partial charge in [0.1, 0.15) is 5.75 Å². The first-order chi connectivity index (χ1) is 9.78. The molecule has 0 aliphatic carbocycles. The van der Waals surface area contributed by atoms with Crippen molar-refractivity contribution in [3.63, 3.8) is 0 Å². The standard InChI is InChI=1S/C13H7ClF3NO3/c14-8-5-6-9(18-11(8)12(19)20)7-3-1-2-4-10(7)21-13(15,16)17/h1-6H,(H,19,20). The number of hydrogen-bond acceptors (Lipinski definition) is 3. The molecular weight excluding hydrogens is 311 g/mol. The molecule has 110 valence electrons. The van der Waals surface area contributed by atoms with Crippen molar-refractivity contribution in [1.82, 2.24) is 4.98 Å². The third-order valence-corrected chi connectivity index (χ3v) is 2.74. The summed E-state index contributed by atoms with van der Waals surface area (Å²) in [7, 11) is 0. The van der Waals surface area contributed by atoms with Gasteiger partial charge >= 0.3 is 12.3 Å². The van der Waals surface area contributed by atoms with Gasteiger partial charge in [-0.2, -0.15) is 0 Å². The Balaban J connectivity index is 2.52. The predicted octanol–water partition coefficient (Wildman–Crippen LogP) is 4.00. The number of rotatable bonds is 3. The normalized spacial score (nSPS) is 11.2. The number of pyridine rings is 1. The molecule has 1 N–H and O–H groups in total. The topological polar surface area (TPSA) is 59.4 Å². The third kappa shape index (κ3) is 3.63. The minimum Gasteiger partial charge on any atom is -0.476 e. The molecule has 0 aliphatic rings. The Hall–Kier alpha value is -2.28. The molecule has 0 unspecified atom stereocenters. The number of ether oxygens (including phenoxy) is 1. The van der Waals surface area contributed by atoms with Crippen molar-refractivity contribution in [2.45, 2.75) is 6.36 Å². The predicted molar refractivity (Wildman–Crippen MR) is 68.3 cm³/mol. The molecule has 2 rings (SSSR count). The van der Waals surface area contributed by atoms with E-state index in [1.807, 2.05) is 0 Å². The molecule has 1 heterocycles. The average Bonchev–Trinajstić information content (AvgIpc) is 2.38. The second-order valence-electron chi connectivity index (χ2n) is 3.88. The summed E-state index contributed by atoms with van der Waals surface area (Å²) < 4.78 is 40.9. The van der Waals surface area contributed by atoms with Gasteiger partial charge in [-0.1, -0.05) is 23.7 Å². The molecule has 0 fully saturated rings. The number of carbonyl (C=O) groups is 1. The lowest BCUT2D eigenvalue weighted by Gasteiger charge is -2.13. The van der Waals surface area contributed by atoms with E-state index in [1.165, 1.54) is 30.3 Å². The first-order valence-corrected chi connectivity index (χ1v) is 5.91. The summed E-state index contributed by atoms with van der Waals surface area (Å²) in [5.41, 5.74) is -0.429.